The molecule has 0 aromatic carbocycles. The number of guanidine groups is 1. The number of nitrogens with zero attached hydrogens (tertiary/aromatic N) is 3. The fourth-order valence-electron chi connectivity index (χ4n) is 3.20. The summed E-state index contributed by atoms with van der Waals surface area (Å²) in [5.74, 6) is 1.44. The molecule has 142 valence electrons. The SMILES string of the molecule is CCC1CCCCN1CCNC(=NC)NCc1cccc(OC)n1.I. The summed E-state index contributed by atoms with van der Waals surface area (Å²) in [7, 11) is 3.42. The summed E-state index contributed by atoms with van der Waals surface area (Å²) < 4.78 is 5.15. The Hall–Kier alpha value is -1.09. The average molecular weight is 461 g/mol. The van der Waals surface area contributed by atoms with E-state index in [4.69, 9.17) is 4.74 Å². The maximum atomic E-state index is 5.15. The van der Waals surface area contributed by atoms with Crippen molar-refractivity contribution in [3.05, 3.63) is 23.9 Å². The van der Waals surface area contributed by atoms with Crippen molar-refractivity contribution in [2.75, 3.05) is 33.8 Å². The molecule has 1 fully saturated rings. The monoisotopic (exact) mass is 461 g/mol. The lowest BCUT2D eigenvalue weighted by atomic mass is 10.0. The molecule has 0 saturated carbocycles. The van der Waals surface area contributed by atoms with Gasteiger partial charge >= 0.3 is 0 Å². The molecule has 2 N–H and O–H groups in total. The van der Waals surface area contributed by atoms with Crippen molar-refractivity contribution >= 4 is 29.9 Å². The van der Waals surface area contributed by atoms with Gasteiger partial charge in [0.05, 0.1) is 19.3 Å². The first-order valence-electron chi connectivity index (χ1n) is 8.95. The van der Waals surface area contributed by atoms with Gasteiger partial charge in [-0.25, -0.2) is 4.98 Å². The first kappa shape index (κ1) is 22.0. The highest BCUT2D eigenvalue weighted by molar-refractivity contribution is 14.0. The van der Waals surface area contributed by atoms with Crippen LogP contribution in [0.4, 0.5) is 0 Å². The normalized spacial score (nSPS) is 18.4. The largest absolute Gasteiger partial charge is 0.481 e. The highest BCUT2D eigenvalue weighted by atomic mass is 127. The second-order valence-corrected chi connectivity index (χ2v) is 6.12. The highest BCUT2D eigenvalue weighted by Crippen LogP contribution is 2.18. The molecule has 0 bridgehead atoms. The summed E-state index contributed by atoms with van der Waals surface area (Å²) in [6.07, 6.45) is 5.28. The zero-order valence-electron chi connectivity index (χ0n) is 15.6. The lowest BCUT2D eigenvalue weighted by Crippen LogP contribution is -2.45. The number of pyridine rings is 1. The van der Waals surface area contributed by atoms with E-state index in [0.29, 0.717) is 12.4 Å². The van der Waals surface area contributed by atoms with E-state index in [0.717, 1.165) is 30.8 Å². The predicted octanol–water partition coefficient (Wildman–Crippen LogP) is 2.64. The fraction of sp³-hybridized carbons (Fsp3) is 0.667. The second kappa shape index (κ2) is 12.3. The third kappa shape index (κ3) is 7.35. The summed E-state index contributed by atoms with van der Waals surface area (Å²) in [4.78, 5) is 11.3. The zero-order valence-corrected chi connectivity index (χ0v) is 18.0. The summed E-state index contributed by atoms with van der Waals surface area (Å²) >= 11 is 0. The quantitative estimate of drug-likeness (QED) is 0.372. The number of nitrogens with one attached hydrogen (secondary N) is 2. The molecule has 0 radical (unpaired) electrons. The van der Waals surface area contributed by atoms with Crippen molar-refractivity contribution in [1.29, 1.82) is 0 Å². The van der Waals surface area contributed by atoms with Crippen molar-refractivity contribution in [1.82, 2.24) is 20.5 Å². The van der Waals surface area contributed by atoms with Crippen molar-refractivity contribution in [2.24, 2.45) is 4.99 Å². The zero-order chi connectivity index (χ0) is 17.2. The minimum Gasteiger partial charge on any atom is -0.481 e. The van der Waals surface area contributed by atoms with E-state index in [1.165, 1.54) is 32.2 Å². The van der Waals surface area contributed by atoms with E-state index in [1.807, 2.05) is 18.2 Å². The smallest absolute Gasteiger partial charge is 0.213 e. The van der Waals surface area contributed by atoms with E-state index >= 15 is 0 Å². The number of hydrogen-bond acceptors (Lipinski definition) is 4. The van der Waals surface area contributed by atoms with E-state index in [-0.39, 0.29) is 24.0 Å². The summed E-state index contributed by atoms with van der Waals surface area (Å²) in [5, 5.41) is 6.70. The molecule has 1 atom stereocenters. The second-order valence-electron chi connectivity index (χ2n) is 6.12. The Morgan fingerprint density at radius 3 is 2.92 bits per heavy atom. The minimum absolute atomic E-state index is 0. The number of rotatable bonds is 7. The van der Waals surface area contributed by atoms with Gasteiger partial charge in [-0.3, -0.25) is 9.89 Å². The van der Waals surface area contributed by atoms with E-state index < -0.39 is 0 Å². The third-order valence-electron chi connectivity index (χ3n) is 4.56. The number of aromatic nitrogens is 1. The molecule has 25 heavy (non-hydrogen) atoms. The van der Waals surface area contributed by atoms with E-state index in [2.05, 4.69) is 32.4 Å². The number of methoxy groups -OCH3 is 1. The Balaban J connectivity index is 0.00000312. The molecule has 1 aromatic heterocycles. The van der Waals surface area contributed by atoms with Crippen LogP contribution in [0.2, 0.25) is 0 Å². The molecule has 0 aliphatic carbocycles. The topological polar surface area (TPSA) is 61.8 Å². The van der Waals surface area contributed by atoms with Gasteiger partial charge in [0, 0.05) is 32.2 Å². The van der Waals surface area contributed by atoms with Crippen LogP contribution in [0.3, 0.4) is 0 Å². The molecule has 6 nitrogen and oxygen atoms in total. The van der Waals surface area contributed by atoms with Crippen molar-refractivity contribution in [3.63, 3.8) is 0 Å². The van der Waals surface area contributed by atoms with Crippen LogP contribution in [-0.2, 0) is 6.54 Å². The van der Waals surface area contributed by atoms with Crippen LogP contribution in [-0.4, -0.2) is 55.7 Å². The van der Waals surface area contributed by atoms with Gasteiger partial charge in [0.25, 0.3) is 0 Å². The molecule has 0 spiro atoms. The van der Waals surface area contributed by atoms with Crippen LogP contribution < -0.4 is 15.4 Å². The van der Waals surface area contributed by atoms with Gasteiger partial charge in [-0.05, 0) is 31.9 Å². The number of hydrogen-bond donors (Lipinski definition) is 2. The lowest BCUT2D eigenvalue weighted by molar-refractivity contribution is 0.147. The molecule has 1 aromatic rings. The molecule has 1 aliphatic heterocycles. The molecule has 0 amide bonds. The van der Waals surface area contributed by atoms with Crippen LogP contribution in [0, 0.1) is 0 Å². The predicted molar refractivity (Wildman–Crippen MR) is 114 cm³/mol. The fourth-order valence-corrected chi connectivity index (χ4v) is 3.20. The Morgan fingerprint density at radius 2 is 2.20 bits per heavy atom. The van der Waals surface area contributed by atoms with Gasteiger partial charge in [0.2, 0.25) is 5.88 Å². The molecule has 1 aliphatic rings. The number of piperidine rings is 1. The van der Waals surface area contributed by atoms with E-state index in [9.17, 15) is 0 Å². The minimum atomic E-state index is 0. The number of likely N-dealkylation sites (tertiary alicyclic amines) is 1. The van der Waals surface area contributed by atoms with Crippen LogP contribution in [0.5, 0.6) is 5.88 Å². The maximum absolute atomic E-state index is 5.15. The van der Waals surface area contributed by atoms with Crippen LogP contribution in [0.1, 0.15) is 38.3 Å². The summed E-state index contributed by atoms with van der Waals surface area (Å²) in [6, 6.07) is 6.51. The number of aliphatic imine (C=N–C) groups is 1. The van der Waals surface area contributed by atoms with Crippen molar-refractivity contribution in [2.45, 2.75) is 45.2 Å². The molecule has 1 saturated heterocycles. The summed E-state index contributed by atoms with van der Waals surface area (Å²) in [6.45, 7) is 6.11. The van der Waals surface area contributed by atoms with Gasteiger partial charge in [-0.1, -0.05) is 19.4 Å². The number of ether oxygens (including phenoxy) is 1. The van der Waals surface area contributed by atoms with Gasteiger partial charge in [0.1, 0.15) is 0 Å². The third-order valence-corrected chi connectivity index (χ3v) is 4.56. The Morgan fingerprint density at radius 1 is 1.36 bits per heavy atom. The van der Waals surface area contributed by atoms with Crippen LogP contribution in [0.25, 0.3) is 0 Å². The molecule has 2 heterocycles. The summed E-state index contributed by atoms with van der Waals surface area (Å²) in [5.41, 5.74) is 0.930. The molecular formula is C18H32IN5O. The number of halogens is 1. The highest BCUT2D eigenvalue weighted by Gasteiger charge is 2.19. The molecule has 1 unspecified atom stereocenters. The Labute approximate surface area is 168 Å². The maximum Gasteiger partial charge on any atom is 0.213 e. The van der Waals surface area contributed by atoms with Crippen LogP contribution >= 0.6 is 24.0 Å². The first-order chi connectivity index (χ1) is 11.8. The van der Waals surface area contributed by atoms with Crippen LogP contribution in [0.15, 0.2) is 23.2 Å². The van der Waals surface area contributed by atoms with Gasteiger partial charge in [0.15, 0.2) is 5.96 Å². The van der Waals surface area contributed by atoms with Gasteiger partial charge in [-0.2, -0.15) is 0 Å². The lowest BCUT2D eigenvalue weighted by Gasteiger charge is -2.35. The first-order valence-corrected chi connectivity index (χ1v) is 8.95. The molecular weight excluding hydrogens is 429 g/mol. The molecule has 7 heteroatoms. The molecule has 2 rings (SSSR count). The van der Waals surface area contributed by atoms with E-state index in [1.54, 1.807) is 14.2 Å². The van der Waals surface area contributed by atoms with Gasteiger partial charge < -0.3 is 15.4 Å². The standard InChI is InChI=1S/C18H31N5O.HI/c1-4-16-9-5-6-12-23(16)13-11-20-18(19-2)21-14-15-8-7-10-17(22-15)24-3;/h7-8,10,16H,4-6,9,11-14H2,1-3H3,(H2,19,20,21);1H. The van der Waals surface area contributed by atoms with Crippen molar-refractivity contribution in [3.8, 4) is 5.88 Å². The average Bonchev–Trinajstić information content (AvgIpc) is 2.65. The van der Waals surface area contributed by atoms with Gasteiger partial charge in [-0.15, -0.1) is 24.0 Å². The Kier molecular flexibility index (Phi) is 10.8. The van der Waals surface area contributed by atoms with Crippen molar-refractivity contribution < 1.29 is 4.74 Å². The Bertz CT molecular complexity index is 526.